The monoisotopic (exact) mass is 666 g/mol. The molecule has 8 aromatic carbocycles. The molecule has 0 bridgehead atoms. The van der Waals surface area contributed by atoms with E-state index in [2.05, 4.69) is 191 Å². The molecule has 0 amide bonds. The minimum absolute atomic E-state index is 1.12. The molecule has 0 spiro atoms. The Morgan fingerprint density at radius 3 is 1.75 bits per heavy atom. The molecule has 3 heterocycles. The number of hydrogen-bond donors (Lipinski definition) is 0. The maximum absolute atomic E-state index is 2.46. The van der Waals surface area contributed by atoms with E-state index >= 15 is 0 Å². The number of anilines is 3. The van der Waals surface area contributed by atoms with Gasteiger partial charge in [0.05, 0.1) is 22.2 Å². The third-order valence-electron chi connectivity index (χ3n) is 10.5. The molecule has 0 aliphatic carbocycles. The van der Waals surface area contributed by atoms with Gasteiger partial charge in [0.2, 0.25) is 0 Å². The summed E-state index contributed by atoms with van der Waals surface area (Å²) in [5, 5.41) is 7.78. The van der Waals surface area contributed by atoms with Gasteiger partial charge in [-0.2, -0.15) is 0 Å². The third-order valence-corrected chi connectivity index (χ3v) is 11.7. The number of rotatable bonds is 5. The van der Waals surface area contributed by atoms with Gasteiger partial charge in [-0.15, -0.1) is 11.3 Å². The molecule has 0 fully saturated rings. The van der Waals surface area contributed by atoms with E-state index in [9.17, 15) is 0 Å². The predicted molar refractivity (Wildman–Crippen MR) is 220 cm³/mol. The smallest absolute Gasteiger partial charge is 0.0621 e. The normalized spacial score (nSPS) is 11.9. The quantitative estimate of drug-likeness (QED) is 0.177. The molecule has 0 saturated heterocycles. The van der Waals surface area contributed by atoms with E-state index in [0.717, 1.165) is 11.4 Å². The summed E-state index contributed by atoms with van der Waals surface area (Å²) in [7, 11) is 0. The first-order valence-corrected chi connectivity index (χ1v) is 18.3. The molecule has 0 unspecified atom stereocenters. The predicted octanol–water partition coefficient (Wildman–Crippen LogP) is 14.0. The number of hydrogen-bond acceptors (Lipinski definition) is 2. The van der Waals surface area contributed by atoms with Crippen molar-refractivity contribution in [3.05, 3.63) is 182 Å². The highest BCUT2D eigenvalue weighted by molar-refractivity contribution is 7.25. The lowest BCUT2D eigenvalue weighted by molar-refractivity contribution is 1.29. The summed E-state index contributed by atoms with van der Waals surface area (Å²) >= 11 is 1.87. The van der Waals surface area contributed by atoms with Gasteiger partial charge in [-0.1, -0.05) is 127 Å². The third kappa shape index (κ3) is 4.29. The van der Waals surface area contributed by atoms with Crippen molar-refractivity contribution in [2.75, 3.05) is 4.90 Å². The van der Waals surface area contributed by atoms with Gasteiger partial charge in [-0.3, -0.25) is 0 Å². The van der Waals surface area contributed by atoms with Crippen LogP contribution in [0.4, 0.5) is 17.1 Å². The van der Waals surface area contributed by atoms with Crippen molar-refractivity contribution in [1.29, 1.82) is 0 Å². The Kier molecular flexibility index (Phi) is 6.16. The van der Waals surface area contributed by atoms with E-state index in [1.165, 1.54) is 86.2 Å². The summed E-state index contributed by atoms with van der Waals surface area (Å²) in [6.07, 6.45) is 0. The van der Waals surface area contributed by atoms with Gasteiger partial charge in [0.1, 0.15) is 0 Å². The highest BCUT2D eigenvalue weighted by Gasteiger charge is 2.23. The molecular formula is C48H30N2S. The highest BCUT2D eigenvalue weighted by atomic mass is 32.1. The molecule has 11 aromatic rings. The number of fused-ring (bicyclic) bond motifs is 9. The summed E-state index contributed by atoms with van der Waals surface area (Å²) in [5.74, 6) is 0. The Hall–Kier alpha value is -6.42. The molecule has 0 radical (unpaired) electrons. The SMILES string of the molecule is c1ccc(-c2ccc(N(c3ccc(-c4ccc5c(c4)sc4ccccc45)cc3)c3cccc4c3c3cccc5c6ccccc6n4c53)cc2)cc1. The van der Waals surface area contributed by atoms with Crippen LogP contribution in [0.2, 0.25) is 0 Å². The molecule has 0 saturated carbocycles. The number of aromatic nitrogens is 1. The standard InChI is InChI=1S/C48H30N2S/c1-2-10-31(11-3-1)32-20-25-35(26-21-32)49(36-27-22-33(23-28-36)34-24-29-39-38-13-5-7-19-45(38)51-46(39)30-34)43-17-9-18-44-47(43)41-15-8-14-40-37-12-4-6-16-42(37)50(44)48(40)41/h1-30H. The Labute approximate surface area is 299 Å². The molecular weight excluding hydrogens is 637 g/mol. The summed E-state index contributed by atoms with van der Waals surface area (Å²) in [5.41, 5.74) is 12.0. The highest BCUT2D eigenvalue weighted by Crippen LogP contribution is 2.46. The molecule has 2 nitrogen and oxygen atoms in total. The summed E-state index contributed by atoms with van der Waals surface area (Å²) in [6, 6.07) is 66.6. The van der Waals surface area contributed by atoms with Crippen LogP contribution in [0.15, 0.2) is 182 Å². The Bertz CT molecular complexity index is 3060. The number of nitrogens with zero attached hydrogens (tertiary/aromatic N) is 2. The summed E-state index contributed by atoms with van der Waals surface area (Å²) in [6.45, 7) is 0. The van der Waals surface area contributed by atoms with Crippen molar-refractivity contribution in [2.45, 2.75) is 0 Å². The zero-order valence-electron chi connectivity index (χ0n) is 27.6. The zero-order chi connectivity index (χ0) is 33.5. The minimum Gasteiger partial charge on any atom is -0.310 e. The molecule has 0 N–H and O–H groups in total. The lowest BCUT2D eigenvalue weighted by Gasteiger charge is -2.27. The molecule has 0 aliphatic rings. The van der Waals surface area contributed by atoms with Crippen LogP contribution in [-0.2, 0) is 0 Å². The molecule has 51 heavy (non-hydrogen) atoms. The van der Waals surface area contributed by atoms with Crippen molar-refractivity contribution in [3.63, 3.8) is 0 Å². The average Bonchev–Trinajstić information content (AvgIpc) is 3.86. The maximum Gasteiger partial charge on any atom is 0.0621 e. The van der Waals surface area contributed by atoms with Gasteiger partial charge in [0.25, 0.3) is 0 Å². The molecule has 0 atom stereocenters. The van der Waals surface area contributed by atoms with E-state index in [4.69, 9.17) is 0 Å². The first-order chi connectivity index (χ1) is 25.3. The van der Waals surface area contributed by atoms with E-state index in [0.29, 0.717) is 0 Å². The average molecular weight is 667 g/mol. The fraction of sp³-hybridized carbons (Fsp3) is 0. The molecule has 3 heteroatoms. The number of benzene rings is 8. The van der Waals surface area contributed by atoms with Gasteiger partial charge in [0, 0.05) is 53.1 Å². The fourth-order valence-corrected chi connectivity index (χ4v) is 9.36. The van der Waals surface area contributed by atoms with Crippen LogP contribution in [0, 0.1) is 0 Å². The van der Waals surface area contributed by atoms with Crippen LogP contribution in [0.25, 0.3) is 80.5 Å². The lowest BCUT2D eigenvalue weighted by Crippen LogP contribution is -2.10. The first kappa shape index (κ1) is 28.4. The largest absolute Gasteiger partial charge is 0.310 e. The van der Waals surface area contributed by atoms with Crippen molar-refractivity contribution in [2.24, 2.45) is 0 Å². The van der Waals surface area contributed by atoms with Crippen LogP contribution >= 0.6 is 11.3 Å². The van der Waals surface area contributed by atoms with Crippen LogP contribution in [0.5, 0.6) is 0 Å². The van der Waals surface area contributed by atoms with Crippen molar-refractivity contribution < 1.29 is 0 Å². The van der Waals surface area contributed by atoms with Gasteiger partial charge in [-0.05, 0) is 76.9 Å². The second-order valence-corrected chi connectivity index (χ2v) is 14.4. The van der Waals surface area contributed by atoms with Gasteiger partial charge in [-0.25, -0.2) is 0 Å². The van der Waals surface area contributed by atoms with E-state index in [-0.39, 0.29) is 0 Å². The maximum atomic E-state index is 2.46. The van der Waals surface area contributed by atoms with E-state index < -0.39 is 0 Å². The lowest BCUT2D eigenvalue weighted by atomic mass is 10.0. The van der Waals surface area contributed by atoms with E-state index in [1.807, 2.05) is 11.3 Å². The van der Waals surface area contributed by atoms with Crippen LogP contribution in [0.3, 0.4) is 0 Å². The Balaban J connectivity index is 1.10. The van der Waals surface area contributed by atoms with Crippen LogP contribution < -0.4 is 4.90 Å². The molecule has 238 valence electrons. The minimum atomic E-state index is 1.12. The molecule has 11 rings (SSSR count). The van der Waals surface area contributed by atoms with Crippen LogP contribution in [-0.4, -0.2) is 4.40 Å². The number of para-hydroxylation sites is 2. The topological polar surface area (TPSA) is 7.65 Å². The van der Waals surface area contributed by atoms with Crippen molar-refractivity contribution in [3.8, 4) is 22.3 Å². The molecule has 3 aromatic heterocycles. The summed E-state index contributed by atoms with van der Waals surface area (Å²) in [4.78, 5) is 2.43. The Morgan fingerprint density at radius 1 is 0.373 bits per heavy atom. The second-order valence-electron chi connectivity index (χ2n) is 13.3. The Morgan fingerprint density at radius 2 is 0.941 bits per heavy atom. The van der Waals surface area contributed by atoms with Gasteiger partial charge in [0.15, 0.2) is 0 Å². The summed E-state index contributed by atoms with van der Waals surface area (Å²) < 4.78 is 5.12. The van der Waals surface area contributed by atoms with Crippen molar-refractivity contribution in [1.82, 2.24) is 4.40 Å². The number of thiophene rings is 1. The van der Waals surface area contributed by atoms with Crippen molar-refractivity contribution >= 4 is 86.7 Å². The van der Waals surface area contributed by atoms with Crippen LogP contribution in [0.1, 0.15) is 0 Å². The zero-order valence-corrected chi connectivity index (χ0v) is 28.4. The molecule has 0 aliphatic heterocycles. The first-order valence-electron chi connectivity index (χ1n) is 17.4. The van der Waals surface area contributed by atoms with E-state index in [1.54, 1.807) is 0 Å². The fourth-order valence-electron chi connectivity index (χ4n) is 8.22. The van der Waals surface area contributed by atoms with Gasteiger partial charge >= 0.3 is 0 Å². The van der Waals surface area contributed by atoms with Gasteiger partial charge < -0.3 is 9.30 Å². The second kappa shape index (κ2) is 11.0.